The highest BCUT2D eigenvalue weighted by atomic mass is 35.5. The highest BCUT2D eigenvalue weighted by Gasteiger charge is 2.16. The van der Waals surface area contributed by atoms with Crippen molar-refractivity contribution in [3.63, 3.8) is 0 Å². The first-order chi connectivity index (χ1) is 10.8. The van der Waals surface area contributed by atoms with E-state index in [0.29, 0.717) is 21.3 Å². The molecule has 0 aromatic heterocycles. The maximum absolute atomic E-state index is 12.2. The minimum absolute atomic E-state index is 0.0462. The topological polar surface area (TPSA) is 75.3 Å². The molecule has 8 heteroatoms. The Morgan fingerprint density at radius 2 is 1.78 bits per heavy atom. The Hall–Kier alpha value is -1.60. The molecule has 0 bridgehead atoms. The molecule has 0 aliphatic rings. The summed E-state index contributed by atoms with van der Waals surface area (Å²) in [6.07, 6.45) is 0. The van der Waals surface area contributed by atoms with Crippen molar-refractivity contribution in [2.45, 2.75) is 11.8 Å². The van der Waals surface area contributed by atoms with Gasteiger partial charge in [-0.25, -0.2) is 13.1 Å². The van der Waals surface area contributed by atoms with Crippen LogP contribution in [0.3, 0.4) is 0 Å². The number of nitrogens with one attached hydrogen (secondary N) is 2. The first-order valence-electron chi connectivity index (χ1n) is 6.60. The van der Waals surface area contributed by atoms with Gasteiger partial charge >= 0.3 is 0 Å². The molecule has 0 aliphatic carbocycles. The number of para-hydroxylation sites is 1. The van der Waals surface area contributed by atoms with Gasteiger partial charge in [-0.1, -0.05) is 35.3 Å². The van der Waals surface area contributed by atoms with Gasteiger partial charge < -0.3 is 5.32 Å². The van der Waals surface area contributed by atoms with Crippen LogP contribution in [-0.4, -0.2) is 20.9 Å². The number of benzene rings is 2. The van der Waals surface area contributed by atoms with E-state index in [1.807, 2.05) is 0 Å². The van der Waals surface area contributed by atoms with Crippen molar-refractivity contribution in [2.75, 3.05) is 11.9 Å². The summed E-state index contributed by atoms with van der Waals surface area (Å²) in [5.74, 6) is -0.521. The SMILES string of the molecule is Cc1cc(S(=O)(=O)NCC(=O)Nc2ccccc2Cl)ccc1Cl. The van der Waals surface area contributed by atoms with Crippen molar-refractivity contribution < 1.29 is 13.2 Å². The van der Waals surface area contributed by atoms with Crippen LogP contribution in [0.15, 0.2) is 47.4 Å². The summed E-state index contributed by atoms with van der Waals surface area (Å²) >= 11 is 11.8. The van der Waals surface area contributed by atoms with Gasteiger partial charge in [0.15, 0.2) is 0 Å². The summed E-state index contributed by atoms with van der Waals surface area (Å²) < 4.78 is 26.6. The van der Waals surface area contributed by atoms with Crippen molar-refractivity contribution in [3.05, 3.63) is 58.1 Å². The summed E-state index contributed by atoms with van der Waals surface area (Å²) in [5, 5.41) is 3.38. The highest BCUT2D eigenvalue weighted by Crippen LogP contribution is 2.21. The summed E-state index contributed by atoms with van der Waals surface area (Å²) in [4.78, 5) is 11.9. The zero-order valence-corrected chi connectivity index (χ0v) is 14.5. The summed E-state index contributed by atoms with van der Waals surface area (Å²) in [7, 11) is -3.80. The van der Waals surface area contributed by atoms with Gasteiger partial charge in [-0.3, -0.25) is 4.79 Å². The Bertz CT molecular complexity index is 838. The second-order valence-electron chi connectivity index (χ2n) is 4.76. The fraction of sp³-hybridized carbons (Fsp3) is 0.133. The van der Waals surface area contributed by atoms with E-state index in [2.05, 4.69) is 10.0 Å². The largest absolute Gasteiger partial charge is 0.324 e. The molecule has 122 valence electrons. The minimum atomic E-state index is -3.80. The number of anilines is 1. The number of hydrogen-bond acceptors (Lipinski definition) is 3. The molecule has 1 amide bonds. The highest BCUT2D eigenvalue weighted by molar-refractivity contribution is 7.89. The molecule has 0 aliphatic heterocycles. The van der Waals surface area contributed by atoms with Gasteiger partial charge in [-0.2, -0.15) is 0 Å². The van der Waals surface area contributed by atoms with Gasteiger partial charge in [-0.15, -0.1) is 0 Å². The number of aryl methyl sites for hydroxylation is 1. The Balaban J connectivity index is 2.03. The van der Waals surface area contributed by atoms with Gasteiger partial charge in [-0.05, 0) is 42.8 Å². The molecule has 0 fully saturated rings. The smallest absolute Gasteiger partial charge is 0.241 e. The Kier molecular flexibility index (Phi) is 5.64. The van der Waals surface area contributed by atoms with Crippen LogP contribution in [-0.2, 0) is 14.8 Å². The Morgan fingerprint density at radius 3 is 2.43 bits per heavy atom. The molecule has 0 spiro atoms. The second kappa shape index (κ2) is 7.31. The molecule has 0 unspecified atom stereocenters. The average Bonchev–Trinajstić information content (AvgIpc) is 2.50. The standard InChI is InChI=1S/C15H14Cl2N2O3S/c1-10-8-11(6-7-12(10)16)23(21,22)18-9-15(20)19-14-5-3-2-4-13(14)17/h2-8,18H,9H2,1H3,(H,19,20). The molecule has 0 radical (unpaired) electrons. The van der Waals surface area contributed by atoms with Crippen LogP contribution in [0.25, 0.3) is 0 Å². The number of rotatable bonds is 5. The van der Waals surface area contributed by atoms with Gasteiger partial charge in [0.1, 0.15) is 0 Å². The molecule has 2 aromatic carbocycles. The number of carbonyl (C=O) groups is 1. The lowest BCUT2D eigenvalue weighted by Gasteiger charge is -2.09. The lowest BCUT2D eigenvalue weighted by molar-refractivity contribution is -0.115. The number of amides is 1. The number of hydrogen-bond donors (Lipinski definition) is 2. The molecule has 0 heterocycles. The maximum atomic E-state index is 12.2. The molecule has 2 aromatic rings. The monoisotopic (exact) mass is 372 g/mol. The average molecular weight is 373 g/mol. The van der Waals surface area contributed by atoms with Crippen LogP contribution in [0.4, 0.5) is 5.69 Å². The van der Waals surface area contributed by atoms with Crippen LogP contribution in [0.2, 0.25) is 10.0 Å². The predicted molar refractivity (Wildman–Crippen MR) is 91.5 cm³/mol. The first-order valence-corrected chi connectivity index (χ1v) is 8.84. The van der Waals surface area contributed by atoms with Crippen LogP contribution < -0.4 is 10.0 Å². The van der Waals surface area contributed by atoms with Gasteiger partial charge in [0.05, 0.1) is 22.2 Å². The summed E-state index contributed by atoms with van der Waals surface area (Å²) in [6, 6.07) is 11.0. The molecule has 5 nitrogen and oxygen atoms in total. The molecule has 2 rings (SSSR count). The number of halogens is 2. The van der Waals surface area contributed by atoms with Gasteiger partial charge in [0, 0.05) is 5.02 Å². The first kappa shape index (κ1) is 17.7. The predicted octanol–water partition coefficient (Wildman–Crippen LogP) is 3.22. The maximum Gasteiger partial charge on any atom is 0.241 e. The van der Waals surface area contributed by atoms with E-state index in [1.54, 1.807) is 31.2 Å². The Labute approximate surface area is 144 Å². The van der Waals surface area contributed by atoms with Crippen molar-refractivity contribution in [3.8, 4) is 0 Å². The van der Waals surface area contributed by atoms with E-state index in [4.69, 9.17) is 23.2 Å². The molecule has 0 saturated carbocycles. The minimum Gasteiger partial charge on any atom is -0.324 e. The normalized spacial score (nSPS) is 11.3. The van der Waals surface area contributed by atoms with E-state index in [1.165, 1.54) is 18.2 Å². The molecule has 23 heavy (non-hydrogen) atoms. The zero-order valence-electron chi connectivity index (χ0n) is 12.1. The van der Waals surface area contributed by atoms with Crippen molar-refractivity contribution in [2.24, 2.45) is 0 Å². The van der Waals surface area contributed by atoms with Gasteiger partial charge in [0.25, 0.3) is 0 Å². The van der Waals surface area contributed by atoms with Crippen molar-refractivity contribution in [1.82, 2.24) is 4.72 Å². The lowest BCUT2D eigenvalue weighted by atomic mass is 10.2. The molecular weight excluding hydrogens is 359 g/mol. The van der Waals surface area contributed by atoms with Crippen molar-refractivity contribution >= 4 is 44.8 Å². The van der Waals surface area contributed by atoms with Crippen LogP contribution in [0.1, 0.15) is 5.56 Å². The Morgan fingerprint density at radius 1 is 1.09 bits per heavy atom. The molecular formula is C15H14Cl2N2O3S. The zero-order chi connectivity index (χ0) is 17.0. The second-order valence-corrected chi connectivity index (χ2v) is 7.34. The van der Waals surface area contributed by atoms with E-state index < -0.39 is 22.5 Å². The van der Waals surface area contributed by atoms with Crippen LogP contribution in [0.5, 0.6) is 0 Å². The molecule has 0 saturated heterocycles. The van der Waals surface area contributed by atoms with E-state index in [0.717, 1.165) is 0 Å². The van der Waals surface area contributed by atoms with Crippen molar-refractivity contribution in [1.29, 1.82) is 0 Å². The van der Waals surface area contributed by atoms with E-state index in [9.17, 15) is 13.2 Å². The quantitative estimate of drug-likeness (QED) is 0.845. The van der Waals surface area contributed by atoms with E-state index in [-0.39, 0.29) is 4.90 Å². The van der Waals surface area contributed by atoms with Gasteiger partial charge in [0.2, 0.25) is 15.9 Å². The third-order valence-electron chi connectivity index (χ3n) is 3.01. The third-order valence-corrected chi connectivity index (χ3v) is 5.16. The fourth-order valence-electron chi connectivity index (χ4n) is 1.79. The lowest BCUT2D eigenvalue weighted by Crippen LogP contribution is -2.33. The number of carbonyl (C=O) groups excluding carboxylic acids is 1. The van der Waals surface area contributed by atoms with Crippen LogP contribution >= 0.6 is 23.2 Å². The summed E-state index contributed by atoms with van der Waals surface area (Å²) in [6.45, 7) is 1.29. The van der Waals surface area contributed by atoms with Crippen LogP contribution in [0, 0.1) is 6.92 Å². The third kappa shape index (κ3) is 4.68. The number of sulfonamides is 1. The summed E-state index contributed by atoms with van der Waals surface area (Å²) in [5.41, 5.74) is 1.05. The molecule has 0 atom stereocenters. The fourth-order valence-corrected chi connectivity index (χ4v) is 3.15. The van der Waals surface area contributed by atoms with E-state index >= 15 is 0 Å². The molecule has 2 N–H and O–H groups in total.